The predicted octanol–water partition coefficient (Wildman–Crippen LogP) is 2.07. The lowest BCUT2D eigenvalue weighted by atomic mass is 9.85. The highest BCUT2D eigenvalue weighted by molar-refractivity contribution is 5.14. The summed E-state index contributed by atoms with van der Waals surface area (Å²) in [5.74, 6) is 0.530. The van der Waals surface area contributed by atoms with Gasteiger partial charge < -0.3 is 4.90 Å². The molecule has 1 saturated heterocycles. The summed E-state index contributed by atoms with van der Waals surface area (Å²) < 4.78 is 0. The van der Waals surface area contributed by atoms with Gasteiger partial charge in [0.25, 0.3) is 0 Å². The van der Waals surface area contributed by atoms with Gasteiger partial charge in [0.15, 0.2) is 0 Å². The summed E-state index contributed by atoms with van der Waals surface area (Å²) in [6, 6.07) is 3.27. The van der Waals surface area contributed by atoms with Crippen LogP contribution in [0.4, 0.5) is 0 Å². The van der Waals surface area contributed by atoms with E-state index in [0.717, 1.165) is 26.1 Å². The number of likely N-dealkylation sites (N-methyl/N-ethyl adjacent to an activating group) is 1. The molecule has 0 bridgehead atoms. The van der Waals surface area contributed by atoms with Crippen molar-refractivity contribution in [1.29, 1.82) is 5.26 Å². The van der Waals surface area contributed by atoms with Gasteiger partial charge in [-0.3, -0.25) is 10.2 Å². The lowest BCUT2D eigenvalue weighted by molar-refractivity contribution is 0.0818. The fraction of sp³-hybridized carbons (Fsp3) is 0.941. The van der Waals surface area contributed by atoms with E-state index in [1.807, 2.05) is 0 Å². The fourth-order valence-electron chi connectivity index (χ4n) is 4.29. The zero-order valence-electron chi connectivity index (χ0n) is 14.1. The van der Waals surface area contributed by atoms with E-state index in [1.54, 1.807) is 0 Å². The first-order valence-electron chi connectivity index (χ1n) is 8.78. The van der Waals surface area contributed by atoms with E-state index in [1.165, 1.54) is 38.9 Å². The van der Waals surface area contributed by atoms with Crippen LogP contribution in [0, 0.1) is 17.2 Å². The molecule has 1 N–H and O–H groups in total. The van der Waals surface area contributed by atoms with Gasteiger partial charge in [0.2, 0.25) is 0 Å². The Balaban J connectivity index is 1.84. The minimum Gasteiger partial charge on any atom is -0.301 e. The standard InChI is InChI=1S/C17H32N4/c1-4-19-17(14-18)9-6-7-16(17)8-10-20-11-12-21(5-2)15(3)13-20/h15-16,19H,4-13H2,1-3H3. The topological polar surface area (TPSA) is 42.3 Å². The van der Waals surface area contributed by atoms with Crippen LogP contribution in [0.1, 0.15) is 46.5 Å². The van der Waals surface area contributed by atoms with E-state index < -0.39 is 0 Å². The molecule has 1 aliphatic carbocycles. The molecule has 4 nitrogen and oxygen atoms in total. The van der Waals surface area contributed by atoms with E-state index in [9.17, 15) is 5.26 Å². The maximum atomic E-state index is 9.63. The SMILES string of the molecule is CCNC1(C#N)CCCC1CCN1CCN(CC)C(C)C1. The Bertz CT molecular complexity index is 364. The number of hydrogen-bond donors (Lipinski definition) is 1. The molecule has 1 heterocycles. The molecule has 0 aromatic rings. The molecule has 3 atom stereocenters. The molecular formula is C17H32N4. The minimum atomic E-state index is -0.244. The van der Waals surface area contributed by atoms with Gasteiger partial charge in [0.05, 0.1) is 6.07 Å². The summed E-state index contributed by atoms with van der Waals surface area (Å²) in [6.45, 7) is 13.5. The summed E-state index contributed by atoms with van der Waals surface area (Å²) in [5.41, 5.74) is -0.244. The normalized spacial score (nSPS) is 35.0. The van der Waals surface area contributed by atoms with Crippen molar-refractivity contribution >= 4 is 0 Å². The van der Waals surface area contributed by atoms with E-state index >= 15 is 0 Å². The average molecular weight is 292 g/mol. The molecule has 2 rings (SSSR count). The van der Waals surface area contributed by atoms with Crippen molar-refractivity contribution in [2.75, 3.05) is 39.3 Å². The van der Waals surface area contributed by atoms with Crippen LogP contribution in [0.25, 0.3) is 0 Å². The molecule has 2 fully saturated rings. The maximum absolute atomic E-state index is 9.63. The number of piperazine rings is 1. The van der Waals surface area contributed by atoms with Crippen LogP contribution in [-0.4, -0.2) is 60.6 Å². The molecule has 3 unspecified atom stereocenters. The van der Waals surface area contributed by atoms with Gasteiger partial charge in [0.1, 0.15) is 5.54 Å². The lowest BCUT2D eigenvalue weighted by Crippen LogP contribution is -2.52. The molecule has 21 heavy (non-hydrogen) atoms. The highest BCUT2D eigenvalue weighted by atomic mass is 15.3. The number of nitrogens with zero attached hydrogens (tertiary/aromatic N) is 3. The van der Waals surface area contributed by atoms with Crippen molar-refractivity contribution < 1.29 is 0 Å². The first kappa shape index (κ1) is 16.7. The first-order valence-corrected chi connectivity index (χ1v) is 8.78. The van der Waals surface area contributed by atoms with Gasteiger partial charge in [-0.2, -0.15) is 5.26 Å². The Kier molecular flexibility index (Phi) is 6.04. The predicted molar refractivity (Wildman–Crippen MR) is 87.1 cm³/mol. The molecule has 0 radical (unpaired) electrons. The molecule has 2 aliphatic rings. The van der Waals surface area contributed by atoms with Crippen LogP contribution in [0.2, 0.25) is 0 Å². The van der Waals surface area contributed by atoms with Gasteiger partial charge in [-0.05, 0) is 51.7 Å². The lowest BCUT2D eigenvalue weighted by Gasteiger charge is -2.40. The molecule has 0 aromatic heterocycles. The fourth-order valence-corrected chi connectivity index (χ4v) is 4.29. The van der Waals surface area contributed by atoms with Crippen LogP contribution in [0.5, 0.6) is 0 Å². The number of rotatable bonds is 6. The van der Waals surface area contributed by atoms with Crippen LogP contribution in [0.3, 0.4) is 0 Å². The van der Waals surface area contributed by atoms with Crippen molar-refractivity contribution in [2.24, 2.45) is 5.92 Å². The van der Waals surface area contributed by atoms with E-state index in [0.29, 0.717) is 12.0 Å². The summed E-state index contributed by atoms with van der Waals surface area (Å²) in [4.78, 5) is 5.16. The Morgan fingerprint density at radius 2 is 2.14 bits per heavy atom. The summed E-state index contributed by atoms with van der Waals surface area (Å²) in [5, 5.41) is 13.1. The average Bonchev–Trinajstić information content (AvgIpc) is 2.89. The van der Waals surface area contributed by atoms with Crippen molar-refractivity contribution in [3.8, 4) is 6.07 Å². The van der Waals surface area contributed by atoms with Crippen molar-refractivity contribution in [3.63, 3.8) is 0 Å². The zero-order valence-corrected chi connectivity index (χ0v) is 14.1. The Morgan fingerprint density at radius 1 is 1.33 bits per heavy atom. The van der Waals surface area contributed by atoms with Gasteiger partial charge in [-0.15, -0.1) is 0 Å². The highest BCUT2D eigenvalue weighted by Gasteiger charge is 2.42. The third-order valence-corrected chi connectivity index (χ3v) is 5.56. The van der Waals surface area contributed by atoms with E-state index in [4.69, 9.17) is 0 Å². The second-order valence-corrected chi connectivity index (χ2v) is 6.77. The number of nitriles is 1. The highest BCUT2D eigenvalue weighted by Crippen LogP contribution is 2.37. The third kappa shape index (κ3) is 3.77. The van der Waals surface area contributed by atoms with Crippen LogP contribution in [0.15, 0.2) is 0 Å². The number of nitrogens with one attached hydrogen (secondary N) is 1. The smallest absolute Gasteiger partial charge is 0.109 e. The molecule has 4 heteroatoms. The van der Waals surface area contributed by atoms with Crippen molar-refractivity contribution in [1.82, 2.24) is 15.1 Å². The zero-order chi connectivity index (χ0) is 15.3. The van der Waals surface area contributed by atoms with E-state index in [2.05, 4.69) is 42.0 Å². The Hall–Kier alpha value is -0.630. The van der Waals surface area contributed by atoms with Gasteiger partial charge in [-0.1, -0.05) is 20.3 Å². The molecule has 0 amide bonds. The molecule has 120 valence electrons. The summed E-state index contributed by atoms with van der Waals surface area (Å²) in [6.07, 6.45) is 4.61. The van der Waals surface area contributed by atoms with Crippen LogP contribution < -0.4 is 5.32 Å². The van der Waals surface area contributed by atoms with Gasteiger partial charge in [-0.25, -0.2) is 0 Å². The maximum Gasteiger partial charge on any atom is 0.109 e. The van der Waals surface area contributed by atoms with Gasteiger partial charge in [0, 0.05) is 25.7 Å². The molecule has 1 aliphatic heterocycles. The van der Waals surface area contributed by atoms with Crippen molar-refractivity contribution in [3.05, 3.63) is 0 Å². The molecule has 0 aromatic carbocycles. The van der Waals surface area contributed by atoms with Gasteiger partial charge >= 0.3 is 0 Å². The van der Waals surface area contributed by atoms with E-state index in [-0.39, 0.29) is 5.54 Å². The summed E-state index contributed by atoms with van der Waals surface area (Å²) >= 11 is 0. The van der Waals surface area contributed by atoms with Crippen molar-refractivity contribution in [2.45, 2.75) is 58.0 Å². The molecule has 0 spiro atoms. The monoisotopic (exact) mass is 292 g/mol. The second-order valence-electron chi connectivity index (χ2n) is 6.77. The largest absolute Gasteiger partial charge is 0.301 e. The molecule has 1 saturated carbocycles. The third-order valence-electron chi connectivity index (χ3n) is 5.56. The first-order chi connectivity index (χ1) is 10.1. The van der Waals surface area contributed by atoms with Crippen LogP contribution >= 0.6 is 0 Å². The Morgan fingerprint density at radius 3 is 2.76 bits per heavy atom. The number of hydrogen-bond acceptors (Lipinski definition) is 4. The van der Waals surface area contributed by atoms with Crippen LogP contribution in [-0.2, 0) is 0 Å². The Labute approximate surface area is 130 Å². The second kappa shape index (κ2) is 7.58. The molecular weight excluding hydrogens is 260 g/mol. The summed E-state index contributed by atoms with van der Waals surface area (Å²) in [7, 11) is 0. The minimum absolute atomic E-state index is 0.244. The quantitative estimate of drug-likeness (QED) is 0.814.